The minimum Gasteiger partial charge on any atom is -0.493 e. The summed E-state index contributed by atoms with van der Waals surface area (Å²) >= 11 is 1.98. The lowest BCUT2D eigenvalue weighted by molar-refractivity contribution is 0.309. The second kappa shape index (κ2) is 9.71. The number of nitrogens with zero attached hydrogens (tertiary/aromatic N) is 1. The summed E-state index contributed by atoms with van der Waals surface area (Å²) in [6.07, 6.45) is 6.93. The fourth-order valence-electron chi connectivity index (χ4n) is 2.85. The number of aliphatic imine (C=N–C) groups is 1. The topological polar surface area (TPSA) is 45.7 Å². The highest BCUT2D eigenvalue weighted by Crippen LogP contribution is 2.27. The molecule has 1 aliphatic carbocycles. The molecule has 1 aliphatic rings. The number of rotatable bonds is 7. The Morgan fingerprint density at radius 3 is 2.87 bits per heavy atom. The maximum Gasteiger partial charge on any atom is 0.191 e. The molecule has 4 nitrogen and oxygen atoms in total. The van der Waals surface area contributed by atoms with Gasteiger partial charge in [0.15, 0.2) is 5.96 Å². The SMILES string of the molecule is CN=C(NCCCOc1ccccc1C)NC1CCC(SC)C1. The summed E-state index contributed by atoms with van der Waals surface area (Å²) in [5, 5.41) is 7.71. The van der Waals surface area contributed by atoms with E-state index in [2.05, 4.69) is 34.9 Å². The number of hydrogen-bond donors (Lipinski definition) is 2. The Kier molecular flexibility index (Phi) is 7.59. The maximum atomic E-state index is 5.81. The molecule has 0 heterocycles. The molecule has 1 aromatic carbocycles. The minimum atomic E-state index is 0.557. The van der Waals surface area contributed by atoms with Gasteiger partial charge >= 0.3 is 0 Å². The highest BCUT2D eigenvalue weighted by molar-refractivity contribution is 7.99. The Bertz CT molecular complexity index is 507. The molecule has 0 aromatic heterocycles. The van der Waals surface area contributed by atoms with Gasteiger partial charge in [-0.05, 0) is 50.5 Å². The number of nitrogens with one attached hydrogen (secondary N) is 2. The summed E-state index contributed by atoms with van der Waals surface area (Å²) in [6, 6.07) is 8.69. The Morgan fingerprint density at radius 2 is 2.17 bits per heavy atom. The van der Waals surface area contributed by atoms with Gasteiger partial charge in [0.1, 0.15) is 5.75 Å². The van der Waals surface area contributed by atoms with Gasteiger partial charge in [-0.3, -0.25) is 4.99 Å². The lowest BCUT2D eigenvalue weighted by Crippen LogP contribution is -2.43. The summed E-state index contributed by atoms with van der Waals surface area (Å²) in [6.45, 7) is 3.65. The first-order valence-electron chi connectivity index (χ1n) is 8.41. The van der Waals surface area contributed by atoms with Crippen LogP contribution < -0.4 is 15.4 Å². The molecule has 2 rings (SSSR count). The summed E-state index contributed by atoms with van der Waals surface area (Å²) in [5.74, 6) is 1.89. The first-order valence-corrected chi connectivity index (χ1v) is 9.70. The third kappa shape index (κ3) is 5.98. The first-order chi connectivity index (χ1) is 11.2. The number of guanidine groups is 1. The van der Waals surface area contributed by atoms with Crippen LogP contribution >= 0.6 is 11.8 Å². The van der Waals surface area contributed by atoms with E-state index in [1.165, 1.54) is 24.8 Å². The molecule has 0 aliphatic heterocycles. The van der Waals surface area contributed by atoms with Crippen molar-refractivity contribution >= 4 is 17.7 Å². The number of benzene rings is 1. The van der Waals surface area contributed by atoms with E-state index in [9.17, 15) is 0 Å². The molecule has 1 saturated carbocycles. The van der Waals surface area contributed by atoms with Crippen molar-refractivity contribution in [2.75, 3.05) is 26.5 Å². The van der Waals surface area contributed by atoms with Crippen LogP contribution in [0.25, 0.3) is 0 Å². The molecule has 128 valence electrons. The fourth-order valence-corrected chi connectivity index (χ4v) is 3.65. The zero-order valence-electron chi connectivity index (χ0n) is 14.5. The van der Waals surface area contributed by atoms with E-state index in [0.29, 0.717) is 12.6 Å². The molecule has 1 fully saturated rings. The van der Waals surface area contributed by atoms with Crippen molar-refractivity contribution in [3.63, 3.8) is 0 Å². The molecule has 0 spiro atoms. The van der Waals surface area contributed by atoms with Gasteiger partial charge in [-0.25, -0.2) is 0 Å². The second-order valence-electron chi connectivity index (χ2n) is 5.98. The van der Waals surface area contributed by atoms with E-state index in [-0.39, 0.29) is 0 Å². The fraction of sp³-hybridized carbons (Fsp3) is 0.611. The molecule has 0 radical (unpaired) electrons. The van der Waals surface area contributed by atoms with Crippen LogP contribution in [0.5, 0.6) is 5.75 Å². The third-order valence-corrected chi connectivity index (χ3v) is 5.34. The average Bonchev–Trinajstić information content (AvgIpc) is 3.02. The van der Waals surface area contributed by atoms with Crippen molar-refractivity contribution in [2.24, 2.45) is 4.99 Å². The van der Waals surface area contributed by atoms with Gasteiger partial charge in [0.2, 0.25) is 0 Å². The average molecular weight is 336 g/mol. The van der Waals surface area contributed by atoms with Crippen LogP contribution in [0.4, 0.5) is 0 Å². The highest BCUT2D eigenvalue weighted by Gasteiger charge is 2.24. The predicted octanol–water partition coefficient (Wildman–Crippen LogP) is 3.21. The number of para-hydroxylation sites is 1. The zero-order valence-corrected chi connectivity index (χ0v) is 15.3. The van der Waals surface area contributed by atoms with Crippen LogP contribution in [0.3, 0.4) is 0 Å². The monoisotopic (exact) mass is 335 g/mol. The van der Waals surface area contributed by atoms with Gasteiger partial charge in [-0.2, -0.15) is 11.8 Å². The highest BCUT2D eigenvalue weighted by atomic mass is 32.2. The van der Waals surface area contributed by atoms with Crippen LogP contribution in [-0.4, -0.2) is 43.7 Å². The van der Waals surface area contributed by atoms with Gasteiger partial charge in [0.05, 0.1) is 6.61 Å². The van der Waals surface area contributed by atoms with Crippen LogP contribution in [0.2, 0.25) is 0 Å². The molecule has 1 aromatic rings. The van der Waals surface area contributed by atoms with Crippen molar-refractivity contribution in [1.29, 1.82) is 0 Å². The predicted molar refractivity (Wildman–Crippen MR) is 101 cm³/mol. The molecule has 23 heavy (non-hydrogen) atoms. The van der Waals surface area contributed by atoms with E-state index in [1.807, 2.05) is 37.0 Å². The third-order valence-electron chi connectivity index (χ3n) is 4.25. The molecule has 0 bridgehead atoms. The summed E-state index contributed by atoms with van der Waals surface area (Å²) in [7, 11) is 1.83. The van der Waals surface area contributed by atoms with Gasteiger partial charge in [-0.15, -0.1) is 0 Å². The van der Waals surface area contributed by atoms with Crippen LogP contribution in [-0.2, 0) is 0 Å². The van der Waals surface area contributed by atoms with E-state index in [1.54, 1.807) is 0 Å². The standard InChI is InChI=1S/C18H29N3OS/c1-14-7-4-5-8-17(14)22-12-6-11-20-18(19-2)21-15-9-10-16(13-15)23-3/h4-5,7-8,15-16H,6,9-13H2,1-3H3,(H2,19,20,21). The summed E-state index contributed by atoms with van der Waals surface area (Å²) in [4.78, 5) is 4.32. The lowest BCUT2D eigenvalue weighted by Gasteiger charge is -2.17. The van der Waals surface area contributed by atoms with Crippen molar-refractivity contribution in [3.8, 4) is 5.75 Å². The van der Waals surface area contributed by atoms with Crippen molar-refractivity contribution in [1.82, 2.24) is 10.6 Å². The van der Waals surface area contributed by atoms with Crippen molar-refractivity contribution in [3.05, 3.63) is 29.8 Å². The van der Waals surface area contributed by atoms with Crippen molar-refractivity contribution < 1.29 is 4.74 Å². The zero-order chi connectivity index (χ0) is 16.5. The quantitative estimate of drug-likeness (QED) is 0.456. The van der Waals surface area contributed by atoms with Crippen molar-refractivity contribution in [2.45, 2.75) is 43.9 Å². The summed E-state index contributed by atoms with van der Waals surface area (Å²) < 4.78 is 5.81. The molecule has 2 N–H and O–H groups in total. The Morgan fingerprint density at radius 1 is 1.35 bits per heavy atom. The van der Waals surface area contributed by atoms with Gasteiger partial charge in [0.25, 0.3) is 0 Å². The molecular formula is C18H29N3OS. The minimum absolute atomic E-state index is 0.557. The lowest BCUT2D eigenvalue weighted by atomic mass is 10.2. The van der Waals surface area contributed by atoms with Gasteiger partial charge < -0.3 is 15.4 Å². The van der Waals surface area contributed by atoms with Crippen LogP contribution in [0.1, 0.15) is 31.2 Å². The van der Waals surface area contributed by atoms with E-state index in [0.717, 1.165) is 29.9 Å². The van der Waals surface area contributed by atoms with E-state index < -0.39 is 0 Å². The van der Waals surface area contributed by atoms with Crippen LogP contribution in [0, 0.1) is 6.92 Å². The number of ether oxygens (including phenoxy) is 1. The van der Waals surface area contributed by atoms with E-state index >= 15 is 0 Å². The molecular weight excluding hydrogens is 306 g/mol. The normalized spacial score (nSPS) is 21.3. The smallest absolute Gasteiger partial charge is 0.191 e. The maximum absolute atomic E-state index is 5.81. The van der Waals surface area contributed by atoms with Gasteiger partial charge in [0, 0.05) is 24.9 Å². The molecule has 2 unspecified atom stereocenters. The van der Waals surface area contributed by atoms with Gasteiger partial charge in [-0.1, -0.05) is 18.2 Å². The Balaban J connectivity index is 1.62. The molecule has 5 heteroatoms. The van der Waals surface area contributed by atoms with E-state index in [4.69, 9.17) is 4.74 Å². The first kappa shape index (κ1) is 18.0. The summed E-state index contributed by atoms with van der Waals surface area (Å²) in [5.41, 5.74) is 1.18. The largest absolute Gasteiger partial charge is 0.493 e. The second-order valence-corrected chi connectivity index (χ2v) is 7.12. The Hall–Kier alpha value is -1.36. The number of aryl methyl sites for hydroxylation is 1. The molecule has 2 atom stereocenters. The molecule has 0 amide bonds. The van der Waals surface area contributed by atoms with Crippen LogP contribution in [0.15, 0.2) is 29.3 Å². The molecule has 0 saturated heterocycles. The number of hydrogen-bond acceptors (Lipinski definition) is 3. The Labute approximate surface area is 144 Å². The number of thioether (sulfide) groups is 1.